The lowest BCUT2D eigenvalue weighted by Gasteiger charge is -2.17. The van der Waals surface area contributed by atoms with E-state index in [4.69, 9.17) is 5.11 Å². The van der Waals surface area contributed by atoms with Crippen LogP contribution >= 0.6 is 0 Å². The molecule has 0 aliphatic carbocycles. The molecule has 0 radical (unpaired) electrons. The van der Waals surface area contributed by atoms with E-state index in [1.54, 1.807) is 6.92 Å². The van der Waals surface area contributed by atoms with Crippen LogP contribution in [0.15, 0.2) is 0 Å². The number of carbonyl (C=O) groups is 1. The second kappa shape index (κ2) is 5.80. The standard InChI is InChI=1S/C9H20N2O2/c1-6(2)10-9(13)11-7(3)5-8(4)12/h6-8,12H,5H2,1-4H3,(H2,10,11,13). The molecule has 0 aliphatic rings. The van der Waals surface area contributed by atoms with Crippen molar-refractivity contribution in [2.45, 2.75) is 52.3 Å². The molecule has 4 heteroatoms. The number of hydrogen-bond acceptors (Lipinski definition) is 2. The summed E-state index contributed by atoms with van der Waals surface area (Å²) in [6.45, 7) is 7.38. The van der Waals surface area contributed by atoms with Gasteiger partial charge in [-0.25, -0.2) is 4.79 Å². The Labute approximate surface area is 79.7 Å². The number of urea groups is 1. The third-order valence-corrected chi connectivity index (χ3v) is 1.49. The maximum absolute atomic E-state index is 11.1. The van der Waals surface area contributed by atoms with Crippen molar-refractivity contribution in [2.24, 2.45) is 0 Å². The fraction of sp³-hybridized carbons (Fsp3) is 0.889. The number of amides is 2. The second-order valence-corrected chi connectivity index (χ2v) is 3.76. The number of nitrogens with one attached hydrogen (secondary N) is 2. The number of carbonyl (C=O) groups excluding carboxylic acids is 1. The van der Waals surface area contributed by atoms with Crippen molar-refractivity contribution in [3.8, 4) is 0 Å². The molecule has 78 valence electrons. The summed E-state index contributed by atoms with van der Waals surface area (Å²) in [6, 6.07) is -0.0411. The first-order valence-corrected chi connectivity index (χ1v) is 4.67. The van der Waals surface area contributed by atoms with Crippen LogP contribution in [0.1, 0.15) is 34.1 Å². The molecule has 0 aromatic rings. The van der Waals surface area contributed by atoms with Gasteiger partial charge in [0.1, 0.15) is 0 Å². The van der Waals surface area contributed by atoms with Gasteiger partial charge in [0.05, 0.1) is 6.10 Å². The van der Waals surface area contributed by atoms with Crippen molar-refractivity contribution in [2.75, 3.05) is 0 Å². The van der Waals surface area contributed by atoms with Gasteiger partial charge in [0.15, 0.2) is 0 Å². The fourth-order valence-electron chi connectivity index (χ4n) is 1.10. The molecule has 0 aromatic heterocycles. The van der Waals surface area contributed by atoms with E-state index in [1.165, 1.54) is 0 Å². The van der Waals surface area contributed by atoms with Crippen molar-refractivity contribution < 1.29 is 9.90 Å². The summed E-state index contributed by atoms with van der Waals surface area (Å²) in [4.78, 5) is 11.1. The van der Waals surface area contributed by atoms with Gasteiger partial charge in [-0.2, -0.15) is 0 Å². The van der Waals surface area contributed by atoms with E-state index < -0.39 is 0 Å². The predicted molar refractivity (Wildman–Crippen MR) is 52.6 cm³/mol. The summed E-state index contributed by atoms with van der Waals surface area (Å²) in [5, 5.41) is 14.5. The van der Waals surface area contributed by atoms with Crippen LogP contribution in [-0.4, -0.2) is 29.3 Å². The Bertz CT molecular complexity index is 158. The van der Waals surface area contributed by atoms with Crippen molar-refractivity contribution >= 4 is 6.03 Å². The van der Waals surface area contributed by atoms with E-state index >= 15 is 0 Å². The van der Waals surface area contributed by atoms with Crippen LogP contribution in [-0.2, 0) is 0 Å². The quantitative estimate of drug-likeness (QED) is 0.612. The van der Waals surface area contributed by atoms with Crippen LogP contribution in [0.25, 0.3) is 0 Å². The average molecular weight is 188 g/mol. The van der Waals surface area contributed by atoms with Crippen LogP contribution < -0.4 is 10.6 Å². The highest BCUT2D eigenvalue weighted by atomic mass is 16.3. The van der Waals surface area contributed by atoms with E-state index in [2.05, 4.69) is 10.6 Å². The van der Waals surface area contributed by atoms with E-state index in [0.29, 0.717) is 6.42 Å². The van der Waals surface area contributed by atoms with Gasteiger partial charge in [-0.15, -0.1) is 0 Å². The Morgan fingerprint density at radius 2 is 1.77 bits per heavy atom. The van der Waals surface area contributed by atoms with E-state index in [9.17, 15) is 4.79 Å². The van der Waals surface area contributed by atoms with E-state index in [0.717, 1.165) is 0 Å². The Balaban J connectivity index is 3.65. The second-order valence-electron chi connectivity index (χ2n) is 3.76. The molecule has 0 aliphatic heterocycles. The van der Waals surface area contributed by atoms with Crippen LogP contribution in [0, 0.1) is 0 Å². The zero-order valence-electron chi connectivity index (χ0n) is 8.79. The Morgan fingerprint density at radius 1 is 1.23 bits per heavy atom. The minimum absolute atomic E-state index is 0.00116. The van der Waals surface area contributed by atoms with E-state index in [1.807, 2.05) is 20.8 Å². The largest absolute Gasteiger partial charge is 0.393 e. The molecular formula is C9H20N2O2. The maximum atomic E-state index is 11.1. The van der Waals surface area contributed by atoms with Gasteiger partial charge in [0.2, 0.25) is 0 Å². The molecule has 0 saturated heterocycles. The third-order valence-electron chi connectivity index (χ3n) is 1.49. The summed E-state index contributed by atoms with van der Waals surface area (Å²) >= 11 is 0. The molecule has 0 bridgehead atoms. The molecule has 0 heterocycles. The van der Waals surface area contributed by atoms with Crippen molar-refractivity contribution in [3.05, 3.63) is 0 Å². The fourth-order valence-corrected chi connectivity index (χ4v) is 1.10. The lowest BCUT2D eigenvalue weighted by molar-refractivity contribution is 0.170. The normalized spacial score (nSPS) is 15.2. The summed E-state index contributed by atoms with van der Waals surface area (Å²) in [6.07, 6.45) is 0.195. The molecule has 2 amide bonds. The van der Waals surface area contributed by atoms with Gasteiger partial charge in [-0.05, 0) is 34.1 Å². The number of rotatable bonds is 4. The first kappa shape index (κ1) is 12.2. The summed E-state index contributed by atoms with van der Waals surface area (Å²) in [7, 11) is 0. The molecule has 4 nitrogen and oxygen atoms in total. The lowest BCUT2D eigenvalue weighted by Crippen LogP contribution is -2.44. The Kier molecular flexibility index (Phi) is 5.46. The molecule has 2 atom stereocenters. The van der Waals surface area contributed by atoms with Crippen molar-refractivity contribution in [1.82, 2.24) is 10.6 Å². The minimum atomic E-state index is -0.380. The highest BCUT2D eigenvalue weighted by Gasteiger charge is 2.09. The maximum Gasteiger partial charge on any atom is 0.315 e. The van der Waals surface area contributed by atoms with Crippen LogP contribution in [0.3, 0.4) is 0 Å². The van der Waals surface area contributed by atoms with Crippen LogP contribution in [0.5, 0.6) is 0 Å². The Morgan fingerprint density at radius 3 is 2.15 bits per heavy atom. The summed E-state index contributed by atoms with van der Waals surface area (Å²) in [5.74, 6) is 0. The van der Waals surface area contributed by atoms with Gasteiger partial charge in [-0.3, -0.25) is 0 Å². The molecule has 3 N–H and O–H groups in total. The average Bonchev–Trinajstić information content (AvgIpc) is 1.80. The summed E-state index contributed by atoms with van der Waals surface area (Å²) < 4.78 is 0. The molecule has 0 saturated carbocycles. The van der Waals surface area contributed by atoms with Gasteiger partial charge in [0.25, 0.3) is 0 Å². The topological polar surface area (TPSA) is 61.4 Å². The van der Waals surface area contributed by atoms with Gasteiger partial charge < -0.3 is 15.7 Å². The number of aliphatic hydroxyl groups is 1. The summed E-state index contributed by atoms with van der Waals surface area (Å²) in [5.41, 5.74) is 0. The third kappa shape index (κ3) is 7.59. The van der Waals surface area contributed by atoms with Crippen molar-refractivity contribution in [3.63, 3.8) is 0 Å². The monoisotopic (exact) mass is 188 g/mol. The first-order valence-electron chi connectivity index (χ1n) is 4.67. The van der Waals surface area contributed by atoms with Crippen LogP contribution in [0.4, 0.5) is 4.79 Å². The highest BCUT2D eigenvalue weighted by molar-refractivity contribution is 5.74. The Hall–Kier alpha value is -0.770. The predicted octanol–water partition coefficient (Wildman–Crippen LogP) is 0.853. The lowest BCUT2D eigenvalue weighted by atomic mass is 10.2. The van der Waals surface area contributed by atoms with Gasteiger partial charge in [-0.1, -0.05) is 0 Å². The number of aliphatic hydroxyl groups excluding tert-OH is 1. The van der Waals surface area contributed by atoms with Gasteiger partial charge in [0, 0.05) is 12.1 Å². The zero-order valence-corrected chi connectivity index (χ0v) is 8.79. The smallest absolute Gasteiger partial charge is 0.315 e. The first-order chi connectivity index (χ1) is 5.91. The SMILES string of the molecule is CC(O)CC(C)NC(=O)NC(C)C. The molecule has 13 heavy (non-hydrogen) atoms. The molecule has 0 rings (SSSR count). The van der Waals surface area contributed by atoms with Crippen LogP contribution in [0.2, 0.25) is 0 Å². The van der Waals surface area contributed by atoms with Gasteiger partial charge >= 0.3 is 6.03 Å². The molecule has 2 unspecified atom stereocenters. The molecular weight excluding hydrogens is 168 g/mol. The minimum Gasteiger partial charge on any atom is -0.393 e. The highest BCUT2D eigenvalue weighted by Crippen LogP contribution is 1.95. The van der Waals surface area contributed by atoms with Crippen molar-refractivity contribution in [1.29, 1.82) is 0 Å². The van der Waals surface area contributed by atoms with E-state index in [-0.39, 0.29) is 24.2 Å². The molecule has 0 spiro atoms. The molecule has 0 fully saturated rings. The number of hydrogen-bond donors (Lipinski definition) is 3. The zero-order chi connectivity index (χ0) is 10.4. The molecule has 0 aromatic carbocycles.